The molecule has 0 aliphatic heterocycles. The zero-order valence-electron chi connectivity index (χ0n) is 17.8. The van der Waals surface area contributed by atoms with Crippen LogP contribution in [0.25, 0.3) is 10.9 Å². The number of thiocarbonyl (C=S) groups is 1. The Kier molecular flexibility index (Phi) is 5.82. The molecule has 4 rings (SSSR count). The zero-order valence-corrected chi connectivity index (χ0v) is 18.6. The van der Waals surface area contributed by atoms with E-state index in [-0.39, 0.29) is 11.0 Å². The number of anilines is 1. The average Bonchev–Trinajstić information content (AvgIpc) is 3.02. The van der Waals surface area contributed by atoms with Gasteiger partial charge < -0.3 is 15.0 Å². The minimum absolute atomic E-state index is 0.0720. The van der Waals surface area contributed by atoms with E-state index in [0.717, 1.165) is 33.3 Å². The van der Waals surface area contributed by atoms with Crippen LogP contribution in [0.2, 0.25) is 0 Å². The molecular weight excluding hydrogens is 404 g/mol. The number of para-hydroxylation sites is 1. The molecule has 0 amide bonds. The maximum Gasteiger partial charge on any atom is 0.221 e. The molecule has 4 aromatic rings. The van der Waals surface area contributed by atoms with Gasteiger partial charge in [-0.1, -0.05) is 54.6 Å². The van der Waals surface area contributed by atoms with Gasteiger partial charge in [0, 0.05) is 11.1 Å². The minimum Gasteiger partial charge on any atom is -0.493 e. The average molecular weight is 429 g/mol. The summed E-state index contributed by atoms with van der Waals surface area (Å²) in [5.41, 5.74) is 6.71. The number of hydrogen-bond acceptors (Lipinski definition) is 3. The summed E-state index contributed by atoms with van der Waals surface area (Å²) in [6, 6.07) is 22.0. The van der Waals surface area contributed by atoms with Crippen molar-refractivity contribution in [3.05, 3.63) is 89.0 Å². The van der Waals surface area contributed by atoms with Gasteiger partial charge in [0.05, 0.1) is 12.1 Å². The highest BCUT2D eigenvalue weighted by atomic mass is 32.1. The van der Waals surface area contributed by atoms with Crippen molar-refractivity contribution in [3.8, 4) is 5.88 Å². The van der Waals surface area contributed by atoms with Crippen LogP contribution in [0.5, 0.6) is 5.88 Å². The molecule has 5 nitrogen and oxygen atoms in total. The Morgan fingerprint density at radius 1 is 0.968 bits per heavy atom. The maximum absolute atomic E-state index is 11.0. The number of azo groups is 1. The molecule has 1 aromatic heterocycles. The summed E-state index contributed by atoms with van der Waals surface area (Å²) < 4.78 is 1.85. The van der Waals surface area contributed by atoms with Gasteiger partial charge in [-0.05, 0) is 67.4 Å². The Morgan fingerprint density at radius 3 is 2.52 bits per heavy atom. The summed E-state index contributed by atoms with van der Waals surface area (Å²) in [5.74, 6) is 0.0720. The van der Waals surface area contributed by atoms with Gasteiger partial charge in [0.1, 0.15) is 0 Å². The van der Waals surface area contributed by atoms with Crippen LogP contribution in [0.1, 0.15) is 22.3 Å². The molecule has 6 heteroatoms. The van der Waals surface area contributed by atoms with E-state index in [2.05, 4.69) is 34.6 Å². The topological polar surface area (TPSA) is 61.9 Å². The minimum atomic E-state index is 0.0720. The third-order valence-electron chi connectivity index (χ3n) is 5.38. The summed E-state index contributed by atoms with van der Waals surface area (Å²) >= 11 is 5.37. The van der Waals surface area contributed by atoms with E-state index in [1.807, 2.05) is 73.0 Å². The zero-order chi connectivity index (χ0) is 22.0. The predicted octanol–water partition coefficient (Wildman–Crippen LogP) is 6.80. The standard InChI is InChI=1S/C25H24N4OS/c1-16-12-13-18(3)21(14-16)26-25(31)28-27-23-20-10-6-7-11-22(20)29(24(23)30)15-19-9-5-4-8-17(19)2/h4-14,30H,15H2,1-3H3,(H,26,31). The van der Waals surface area contributed by atoms with E-state index in [1.165, 1.54) is 5.56 Å². The SMILES string of the molecule is Cc1ccc(C)c(NC(=S)N=Nc2c(O)n(Cc3ccccc3C)c3ccccc23)c1. The van der Waals surface area contributed by atoms with Crippen LogP contribution in [0.3, 0.4) is 0 Å². The van der Waals surface area contributed by atoms with Crippen LogP contribution >= 0.6 is 12.2 Å². The predicted molar refractivity (Wildman–Crippen MR) is 131 cm³/mol. The first-order valence-electron chi connectivity index (χ1n) is 10.1. The van der Waals surface area contributed by atoms with Crippen LogP contribution < -0.4 is 5.32 Å². The normalized spacial score (nSPS) is 11.3. The number of aryl methyl sites for hydroxylation is 3. The largest absolute Gasteiger partial charge is 0.493 e. The van der Waals surface area contributed by atoms with E-state index >= 15 is 0 Å². The molecule has 156 valence electrons. The molecule has 0 spiro atoms. The van der Waals surface area contributed by atoms with E-state index in [9.17, 15) is 5.11 Å². The molecule has 0 atom stereocenters. The molecule has 0 bridgehead atoms. The van der Waals surface area contributed by atoms with Gasteiger partial charge in [-0.25, -0.2) is 0 Å². The summed E-state index contributed by atoms with van der Waals surface area (Å²) in [7, 11) is 0. The summed E-state index contributed by atoms with van der Waals surface area (Å²) in [6.45, 7) is 6.64. The molecule has 2 N–H and O–H groups in total. The fraction of sp³-hybridized carbons (Fsp3) is 0.160. The van der Waals surface area contributed by atoms with Crippen LogP contribution in [0, 0.1) is 20.8 Å². The molecule has 0 saturated heterocycles. The fourth-order valence-electron chi connectivity index (χ4n) is 3.59. The van der Waals surface area contributed by atoms with E-state index in [4.69, 9.17) is 12.2 Å². The molecule has 0 radical (unpaired) electrons. The maximum atomic E-state index is 11.0. The first-order valence-corrected chi connectivity index (χ1v) is 10.5. The summed E-state index contributed by atoms with van der Waals surface area (Å²) in [4.78, 5) is 0. The quantitative estimate of drug-likeness (QED) is 0.277. The van der Waals surface area contributed by atoms with Crippen molar-refractivity contribution < 1.29 is 5.11 Å². The lowest BCUT2D eigenvalue weighted by Crippen LogP contribution is -2.06. The van der Waals surface area contributed by atoms with E-state index < -0.39 is 0 Å². The van der Waals surface area contributed by atoms with Crippen molar-refractivity contribution in [2.75, 3.05) is 5.32 Å². The third kappa shape index (κ3) is 4.34. The van der Waals surface area contributed by atoms with Gasteiger partial charge in [-0.3, -0.25) is 0 Å². The summed E-state index contributed by atoms with van der Waals surface area (Å²) in [5, 5.41) is 23.7. The van der Waals surface area contributed by atoms with Crippen molar-refractivity contribution in [1.82, 2.24) is 4.57 Å². The Hall–Kier alpha value is -3.51. The molecule has 3 aromatic carbocycles. The first kappa shape index (κ1) is 20.8. The lowest BCUT2D eigenvalue weighted by Gasteiger charge is -2.09. The molecule has 0 aliphatic carbocycles. The van der Waals surface area contributed by atoms with Crippen LogP contribution in [0.15, 0.2) is 77.0 Å². The molecule has 31 heavy (non-hydrogen) atoms. The fourth-order valence-corrected chi connectivity index (χ4v) is 3.75. The number of nitrogens with zero attached hydrogens (tertiary/aromatic N) is 3. The monoisotopic (exact) mass is 428 g/mol. The molecule has 0 aliphatic rings. The van der Waals surface area contributed by atoms with Gasteiger partial charge in [0.15, 0.2) is 5.69 Å². The van der Waals surface area contributed by atoms with Crippen LogP contribution in [-0.4, -0.2) is 14.8 Å². The molecular formula is C25H24N4OS. The molecule has 0 fully saturated rings. The van der Waals surface area contributed by atoms with Crippen LogP contribution in [-0.2, 0) is 6.54 Å². The number of nitrogens with one attached hydrogen (secondary N) is 1. The number of benzene rings is 3. The molecule has 0 unspecified atom stereocenters. The highest BCUT2D eigenvalue weighted by Gasteiger charge is 2.17. The van der Waals surface area contributed by atoms with Gasteiger partial charge in [0.2, 0.25) is 11.0 Å². The third-order valence-corrected chi connectivity index (χ3v) is 5.57. The van der Waals surface area contributed by atoms with Crippen molar-refractivity contribution in [1.29, 1.82) is 0 Å². The number of rotatable bonds is 4. The second-order valence-electron chi connectivity index (χ2n) is 7.65. The van der Waals surface area contributed by atoms with E-state index in [1.54, 1.807) is 0 Å². The number of aromatic hydroxyl groups is 1. The number of hydrogen-bond donors (Lipinski definition) is 2. The van der Waals surface area contributed by atoms with Crippen molar-refractivity contribution >= 4 is 39.6 Å². The smallest absolute Gasteiger partial charge is 0.221 e. The van der Waals surface area contributed by atoms with Crippen molar-refractivity contribution in [2.45, 2.75) is 27.3 Å². The van der Waals surface area contributed by atoms with E-state index in [0.29, 0.717) is 12.2 Å². The van der Waals surface area contributed by atoms with Gasteiger partial charge >= 0.3 is 0 Å². The van der Waals surface area contributed by atoms with Gasteiger partial charge in [-0.15, -0.1) is 10.2 Å². The molecule has 0 saturated carbocycles. The Labute approximate surface area is 187 Å². The second kappa shape index (κ2) is 8.70. The van der Waals surface area contributed by atoms with Crippen LogP contribution in [0.4, 0.5) is 11.4 Å². The molecule has 1 heterocycles. The number of aromatic nitrogens is 1. The highest BCUT2D eigenvalue weighted by Crippen LogP contribution is 2.39. The first-order chi connectivity index (χ1) is 14.9. The van der Waals surface area contributed by atoms with Crippen molar-refractivity contribution in [3.63, 3.8) is 0 Å². The highest BCUT2D eigenvalue weighted by molar-refractivity contribution is 7.80. The van der Waals surface area contributed by atoms with Gasteiger partial charge in [0.25, 0.3) is 0 Å². The lowest BCUT2D eigenvalue weighted by molar-refractivity contribution is 0.429. The Morgan fingerprint density at radius 2 is 1.71 bits per heavy atom. The Bertz CT molecular complexity index is 1310. The second-order valence-corrected chi connectivity index (χ2v) is 8.04. The number of fused-ring (bicyclic) bond motifs is 1. The lowest BCUT2D eigenvalue weighted by atomic mass is 10.1. The van der Waals surface area contributed by atoms with Gasteiger partial charge in [-0.2, -0.15) is 0 Å². The Balaban J connectivity index is 1.66. The summed E-state index contributed by atoms with van der Waals surface area (Å²) in [6.07, 6.45) is 0. The van der Waals surface area contributed by atoms with Crippen molar-refractivity contribution in [2.24, 2.45) is 10.2 Å².